The molecular weight excluding hydrogens is 234 g/mol. The standard InChI is InChI=1S/C12H13F4N/c1-17-11(7-2-3-7)9-6-8(13)4-5-10(9)12(14,15)16/h4-7,11,17H,2-3H2,1H3. The SMILES string of the molecule is CNC(c1cc(F)ccc1C(F)(F)F)C1CC1. The third-order valence-corrected chi connectivity index (χ3v) is 3.06. The van der Waals surface area contributed by atoms with Gasteiger partial charge in [0.2, 0.25) is 0 Å². The molecule has 1 saturated carbocycles. The normalized spacial score (nSPS) is 18.2. The Labute approximate surface area is 96.8 Å². The molecule has 94 valence electrons. The summed E-state index contributed by atoms with van der Waals surface area (Å²) in [5.74, 6) is -0.447. The molecule has 1 nitrogen and oxygen atoms in total. The van der Waals surface area contributed by atoms with Crippen LogP contribution in [0.15, 0.2) is 18.2 Å². The van der Waals surface area contributed by atoms with Crippen molar-refractivity contribution in [3.63, 3.8) is 0 Å². The predicted molar refractivity (Wildman–Crippen MR) is 55.9 cm³/mol. The summed E-state index contributed by atoms with van der Waals surface area (Å²) in [6.07, 6.45) is -2.66. The average molecular weight is 247 g/mol. The van der Waals surface area contributed by atoms with E-state index in [1.165, 1.54) is 0 Å². The van der Waals surface area contributed by atoms with Crippen LogP contribution in [-0.4, -0.2) is 7.05 Å². The van der Waals surface area contributed by atoms with Crippen LogP contribution in [0, 0.1) is 11.7 Å². The Morgan fingerprint density at radius 1 is 1.29 bits per heavy atom. The topological polar surface area (TPSA) is 12.0 Å². The zero-order chi connectivity index (χ0) is 12.6. The van der Waals surface area contributed by atoms with Crippen molar-refractivity contribution < 1.29 is 17.6 Å². The van der Waals surface area contributed by atoms with Crippen molar-refractivity contribution in [2.75, 3.05) is 7.05 Å². The van der Waals surface area contributed by atoms with E-state index in [4.69, 9.17) is 0 Å². The van der Waals surface area contributed by atoms with Gasteiger partial charge in [0, 0.05) is 6.04 Å². The quantitative estimate of drug-likeness (QED) is 0.806. The number of alkyl halides is 3. The first-order chi connectivity index (χ1) is 7.93. The lowest BCUT2D eigenvalue weighted by atomic mass is 9.96. The number of rotatable bonds is 3. The molecule has 17 heavy (non-hydrogen) atoms. The largest absolute Gasteiger partial charge is 0.416 e. The molecule has 0 aromatic heterocycles. The lowest BCUT2D eigenvalue weighted by Gasteiger charge is -2.21. The minimum atomic E-state index is -4.44. The van der Waals surface area contributed by atoms with Gasteiger partial charge in [0.1, 0.15) is 5.82 Å². The number of hydrogen-bond acceptors (Lipinski definition) is 1. The molecule has 1 aliphatic carbocycles. The maximum atomic E-state index is 13.1. The summed E-state index contributed by atoms with van der Waals surface area (Å²) in [7, 11) is 1.61. The molecule has 1 aromatic carbocycles. The van der Waals surface area contributed by atoms with E-state index >= 15 is 0 Å². The van der Waals surface area contributed by atoms with E-state index < -0.39 is 23.6 Å². The summed E-state index contributed by atoms with van der Waals surface area (Å²) in [5, 5.41) is 2.85. The second kappa shape index (κ2) is 4.29. The van der Waals surface area contributed by atoms with Gasteiger partial charge in [-0.25, -0.2) is 4.39 Å². The van der Waals surface area contributed by atoms with Crippen LogP contribution < -0.4 is 5.32 Å². The molecule has 1 N–H and O–H groups in total. The Balaban J connectivity index is 2.45. The van der Waals surface area contributed by atoms with Crippen LogP contribution in [-0.2, 0) is 6.18 Å². The number of benzene rings is 1. The average Bonchev–Trinajstić information content (AvgIpc) is 3.01. The van der Waals surface area contributed by atoms with E-state index in [0.717, 1.165) is 31.0 Å². The molecule has 0 amide bonds. The Kier molecular flexibility index (Phi) is 3.12. The van der Waals surface area contributed by atoms with Crippen molar-refractivity contribution >= 4 is 0 Å². The predicted octanol–water partition coefficient (Wildman–Crippen LogP) is 3.52. The smallest absolute Gasteiger partial charge is 0.313 e. The molecule has 5 heteroatoms. The summed E-state index contributed by atoms with van der Waals surface area (Å²) in [5.41, 5.74) is -0.729. The third-order valence-electron chi connectivity index (χ3n) is 3.06. The molecule has 1 fully saturated rings. The summed E-state index contributed by atoms with van der Waals surface area (Å²) < 4.78 is 51.6. The van der Waals surface area contributed by atoms with Crippen LogP contribution in [0.25, 0.3) is 0 Å². The van der Waals surface area contributed by atoms with Crippen LogP contribution in [0.5, 0.6) is 0 Å². The molecular formula is C12H13F4N. The monoisotopic (exact) mass is 247 g/mol. The summed E-state index contributed by atoms with van der Waals surface area (Å²) in [4.78, 5) is 0. The van der Waals surface area contributed by atoms with Gasteiger partial charge in [-0.15, -0.1) is 0 Å². The van der Waals surface area contributed by atoms with Crippen molar-refractivity contribution in [3.8, 4) is 0 Å². The molecule has 1 aromatic rings. The fourth-order valence-corrected chi connectivity index (χ4v) is 2.12. The van der Waals surface area contributed by atoms with Crippen molar-refractivity contribution in [1.29, 1.82) is 0 Å². The van der Waals surface area contributed by atoms with Crippen molar-refractivity contribution in [3.05, 3.63) is 35.1 Å². The summed E-state index contributed by atoms with van der Waals surface area (Å²) in [6.45, 7) is 0. The Morgan fingerprint density at radius 2 is 1.94 bits per heavy atom. The lowest BCUT2D eigenvalue weighted by molar-refractivity contribution is -0.138. The highest BCUT2D eigenvalue weighted by Crippen LogP contribution is 2.44. The Bertz CT molecular complexity index is 409. The molecule has 0 radical (unpaired) electrons. The van der Waals surface area contributed by atoms with E-state index in [1.807, 2.05) is 0 Å². The molecule has 0 aliphatic heterocycles. The van der Waals surface area contributed by atoms with Crippen LogP contribution in [0.3, 0.4) is 0 Å². The van der Waals surface area contributed by atoms with Crippen molar-refractivity contribution in [2.24, 2.45) is 5.92 Å². The Hall–Kier alpha value is -1.10. The van der Waals surface area contributed by atoms with Crippen LogP contribution in [0.1, 0.15) is 30.0 Å². The number of halogens is 4. The van der Waals surface area contributed by atoms with Crippen LogP contribution in [0.2, 0.25) is 0 Å². The van der Waals surface area contributed by atoms with Gasteiger partial charge in [-0.05, 0) is 49.6 Å². The van der Waals surface area contributed by atoms with E-state index in [-0.39, 0.29) is 11.5 Å². The van der Waals surface area contributed by atoms with Gasteiger partial charge in [-0.1, -0.05) is 0 Å². The van der Waals surface area contributed by atoms with E-state index in [1.54, 1.807) is 7.05 Å². The zero-order valence-electron chi connectivity index (χ0n) is 9.31. The minimum Gasteiger partial charge on any atom is -0.313 e. The lowest BCUT2D eigenvalue weighted by Crippen LogP contribution is -2.22. The molecule has 1 atom stereocenters. The van der Waals surface area contributed by atoms with Gasteiger partial charge in [-0.2, -0.15) is 13.2 Å². The van der Waals surface area contributed by atoms with Crippen molar-refractivity contribution in [2.45, 2.75) is 25.1 Å². The maximum absolute atomic E-state index is 13.1. The van der Waals surface area contributed by atoms with E-state index in [0.29, 0.717) is 0 Å². The fourth-order valence-electron chi connectivity index (χ4n) is 2.12. The molecule has 0 saturated heterocycles. The van der Waals surface area contributed by atoms with Gasteiger partial charge in [-0.3, -0.25) is 0 Å². The third kappa shape index (κ3) is 2.60. The number of hydrogen-bond donors (Lipinski definition) is 1. The highest BCUT2D eigenvalue weighted by Gasteiger charge is 2.39. The van der Waals surface area contributed by atoms with Crippen molar-refractivity contribution in [1.82, 2.24) is 5.32 Å². The minimum absolute atomic E-state index is 0.0162. The van der Waals surface area contributed by atoms with E-state index in [2.05, 4.69) is 5.32 Å². The molecule has 2 rings (SSSR count). The maximum Gasteiger partial charge on any atom is 0.416 e. The van der Waals surface area contributed by atoms with Gasteiger partial charge >= 0.3 is 6.18 Å². The second-order valence-electron chi connectivity index (χ2n) is 4.33. The van der Waals surface area contributed by atoms with E-state index in [9.17, 15) is 17.6 Å². The van der Waals surface area contributed by atoms with Gasteiger partial charge in [0.15, 0.2) is 0 Å². The first-order valence-corrected chi connectivity index (χ1v) is 5.47. The molecule has 1 unspecified atom stereocenters. The first-order valence-electron chi connectivity index (χ1n) is 5.47. The van der Waals surface area contributed by atoms with Crippen LogP contribution >= 0.6 is 0 Å². The van der Waals surface area contributed by atoms with Gasteiger partial charge < -0.3 is 5.32 Å². The molecule has 0 heterocycles. The fraction of sp³-hybridized carbons (Fsp3) is 0.500. The highest BCUT2D eigenvalue weighted by atomic mass is 19.4. The highest BCUT2D eigenvalue weighted by molar-refractivity contribution is 5.34. The number of nitrogens with one attached hydrogen (secondary N) is 1. The molecule has 0 bridgehead atoms. The van der Waals surface area contributed by atoms with Gasteiger partial charge in [0.25, 0.3) is 0 Å². The Morgan fingerprint density at radius 3 is 2.41 bits per heavy atom. The van der Waals surface area contributed by atoms with Crippen LogP contribution in [0.4, 0.5) is 17.6 Å². The second-order valence-corrected chi connectivity index (χ2v) is 4.33. The first kappa shape index (κ1) is 12.4. The molecule has 0 spiro atoms. The molecule has 1 aliphatic rings. The summed E-state index contributed by atoms with van der Waals surface area (Å²) in [6, 6.07) is 2.24. The van der Waals surface area contributed by atoms with Gasteiger partial charge in [0.05, 0.1) is 5.56 Å². The summed E-state index contributed by atoms with van der Waals surface area (Å²) >= 11 is 0. The zero-order valence-corrected chi connectivity index (χ0v) is 9.31.